The van der Waals surface area contributed by atoms with Gasteiger partial charge in [-0.3, -0.25) is 4.23 Å². The summed E-state index contributed by atoms with van der Waals surface area (Å²) in [5, 5.41) is 0. The summed E-state index contributed by atoms with van der Waals surface area (Å²) < 4.78 is 28.5. The lowest BCUT2D eigenvalue weighted by atomic mass is 10.6. The smallest absolute Gasteiger partial charge is 0.280 e. The Kier molecular flexibility index (Phi) is 2.56. The van der Waals surface area contributed by atoms with Crippen LogP contribution < -0.4 is 4.57 Å². The molecule has 0 saturated carbocycles. The molecule has 0 N–H and O–H groups in total. The number of aryl methyl sites for hydroxylation is 1. The second kappa shape index (κ2) is 3.21. The van der Waals surface area contributed by atoms with E-state index in [1.54, 1.807) is 23.7 Å². The summed E-state index contributed by atoms with van der Waals surface area (Å²) in [6, 6.07) is 0. The maximum Gasteiger partial charge on any atom is 0.335 e. The zero-order chi connectivity index (χ0) is 10.2. The number of imidazole rings is 1. The molecule has 0 aliphatic carbocycles. The van der Waals surface area contributed by atoms with Crippen LogP contribution in [0.25, 0.3) is 0 Å². The lowest BCUT2D eigenvalue weighted by molar-refractivity contribution is -0.683. The van der Waals surface area contributed by atoms with E-state index in [9.17, 15) is 8.78 Å². The molecule has 0 bridgehead atoms. The molecule has 1 aromatic rings. The average molecular weight is 205 g/mol. The molecule has 5 heteroatoms. The van der Waals surface area contributed by atoms with Crippen LogP contribution in [0.5, 0.6) is 0 Å². The molecule has 0 unspecified atom stereocenters. The summed E-state index contributed by atoms with van der Waals surface area (Å²) in [6.45, 7) is 6.12. The number of halogens is 2. The molecular weight excluding hydrogens is 190 g/mol. The fourth-order valence-electron chi connectivity index (χ4n) is 1.32. The molecule has 13 heavy (non-hydrogen) atoms. The Balaban J connectivity index is 3.23. The van der Waals surface area contributed by atoms with Crippen molar-refractivity contribution < 1.29 is 13.3 Å². The second-order valence-electron chi connectivity index (χ2n) is 4.11. The molecule has 0 aliphatic rings. The third-order valence-corrected chi connectivity index (χ3v) is 3.79. The van der Waals surface area contributed by atoms with E-state index in [-0.39, 0.29) is 5.82 Å². The Hall–Kier alpha value is -0.713. The van der Waals surface area contributed by atoms with Crippen LogP contribution in [0.15, 0.2) is 12.4 Å². The molecule has 0 aliphatic heterocycles. The molecule has 2 nitrogen and oxygen atoms in total. The lowest BCUT2D eigenvalue weighted by Gasteiger charge is -2.13. The molecule has 1 rings (SSSR count). The highest BCUT2D eigenvalue weighted by molar-refractivity contribution is 6.74. The van der Waals surface area contributed by atoms with Gasteiger partial charge in [-0.2, -0.15) is 8.78 Å². The molecule has 1 heterocycles. The highest BCUT2D eigenvalue weighted by Crippen LogP contribution is 2.18. The Morgan fingerprint density at radius 1 is 1.38 bits per heavy atom. The van der Waals surface area contributed by atoms with Crippen LogP contribution in [0.3, 0.4) is 0 Å². The highest BCUT2D eigenvalue weighted by Gasteiger charge is 2.33. The van der Waals surface area contributed by atoms with Gasteiger partial charge < -0.3 is 0 Å². The van der Waals surface area contributed by atoms with Crippen LogP contribution >= 0.6 is 0 Å². The van der Waals surface area contributed by atoms with E-state index in [0.29, 0.717) is 0 Å². The summed E-state index contributed by atoms with van der Waals surface area (Å²) >= 11 is 0. The summed E-state index contributed by atoms with van der Waals surface area (Å²) in [6.07, 6.45) is 1.03. The lowest BCUT2D eigenvalue weighted by Crippen LogP contribution is -2.39. The number of aromatic nitrogens is 2. The Morgan fingerprint density at radius 3 is 2.23 bits per heavy atom. The molecule has 0 radical (unpaired) electrons. The minimum Gasteiger partial charge on any atom is -0.280 e. The van der Waals surface area contributed by atoms with Crippen molar-refractivity contribution in [1.29, 1.82) is 0 Å². The van der Waals surface area contributed by atoms with E-state index in [0.717, 1.165) is 0 Å². The van der Waals surface area contributed by atoms with Crippen LogP contribution in [0.2, 0.25) is 19.6 Å². The van der Waals surface area contributed by atoms with E-state index in [1.165, 1.54) is 4.57 Å². The van der Waals surface area contributed by atoms with Gasteiger partial charge in [-0.05, 0) is 19.6 Å². The number of hydrogen-bond donors (Lipinski definition) is 0. The molecular formula is C8H15F2N2Si+. The van der Waals surface area contributed by atoms with Crippen molar-refractivity contribution >= 4 is 8.24 Å². The van der Waals surface area contributed by atoms with Crippen LogP contribution in [0, 0.1) is 0 Å². The Labute approximate surface area is 77.9 Å². The first-order valence-corrected chi connectivity index (χ1v) is 7.64. The fraction of sp³-hybridized carbons (Fsp3) is 0.625. The van der Waals surface area contributed by atoms with Crippen LogP contribution in [-0.4, -0.2) is 12.5 Å². The normalized spacial score (nSPS) is 12.5. The molecule has 74 valence electrons. The van der Waals surface area contributed by atoms with Crippen molar-refractivity contribution in [2.75, 3.05) is 0 Å². The van der Waals surface area contributed by atoms with Gasteiger partial charge in [0.05, 0.1) is 7.05 Å². The zero-order valence-corrected chi connectivity index (χ0v) is 9.38. The maximum absolute atomic E-state index is 12.6. The number of nitrogens with zero attached hydrogens (tertiary/aromatic N) is 2. The fourth-order valence-corrected chi connectivity index (χ4v) is 2.77. The summed E-state index contributed by atoms with van der Waals surface area (Å²) in [5.41, 5.74) is 0. The van der Waals surface area contributed by atoms with Crippen LogP contribution in [0.4, 0.5) is 8.78 Å². The van der Waals surface area contributed by atoms with E-state index >= 15 is 0 Å². The van der Waals surface area contributed by atoms with E-state index in [4.69, 9.17) is 0 Å². The number of rotatable bonds is 2. The predicted octanol–water partition coefficient (Wildman–Crippen LogP) is 1.93. The summed E-state index contributed by atoms with van der Waals surface area (Å²) in [5.74, 6) is 0.110. The molecule has 0 spiro atoms. The number of hydrogen-bond acceptors (Lipinski definition) is 0. The van der Waals surface area contributed by atoms with Crippen LogP contribution in [0.1, 0.15) is 12.2 Å². The standard InChI is InChI=1S/C8H15F2N2Si/c1-11-5-6-12(13(2,3)4)8(11)7(9)10/h5-7H,1-4H3/q+1. The SMILES string of the molecule is C[n+]1ccn([Si](C)(C)C)c1C(F)F. The van der Waals surface area contributed by atoms with Gasteiger partial charge in [0, 0.05) is 0 Å². The first-order chi connectivity index (χ1) is 5.84. The van der Waals surface area contributed by atoms with E-state index in [1.807, 2.05) is 19.6 Å². The number of alkyl halides is 2. The molecule has 0 fully saturated rings. The molecule has 0 amide bonds. The van der Waals surface area contributed by atoms with Crippen molar-refractivity contribution in [2.45, 2.75) is 26.1 Å². The Bertz CT molecular complexity index is 302. The van der Waals surface area contributed by atoms with Gasteiger partial charge in [0.1, 0.15) is 12.4 Å². The van der Waals surface area contributed by atoms with Crippen molar-refractivity contribution in [3.63, 3.8) is 0 Å². The molecule has 0 saturated heterocycles. The van der Waals surface area contributed by atoms with Crippen LogP contribution in [-0.2, 0) is 7.05 Å². The largest absolute Gasteiger partial charge is 0.335 e. The minimum absolute atomic E-state index is 0.110. The monoisotopic (exact) mass is 205 g/mol. The highest BCUT2D eigenvalue weighted by atomic mass is 28.3. The van der Waals surface area contributed by atoms with Crippen molar-refractivity contribution in [2.24, 2.45) is 7.05 Å². The zero-order valence-electron chi connectivity index (χ0n) is 8.38. The average Bonchev–Trinajstić information content (AvgIpc) is 2.28. The van der Waals surface area contributed by atoms with Gasteiger partial charge in [-0.15, -0.1) is 0 Å². The van der Waals surface area contributed by atoms with E-state index in [2.05, 4.69) is 0 Å². The van der Waals surface area contributed by atoms with Gasteiger partial charge >= 0.3 is 12.2 Å². The van der Waals surface area contributed by atoms with Crippen molar-refractivity contribution in [3.05, 3.63) is 18.2 Å². The second-order valence-corrected chi connectivity index (χ2v) is 8.93. The van der Waals surface area contributed by atoms with Gasteiger partial charge in [-0.25, -0.2) is 4.57 Å². The first-order valence-electron chi connectivity index (χ1n) is 4.19. The quantitative estimate of drug-likeness (QED) is 0.515. The van der Waals surface area contributed by atoms with Gasteiger partial charge in [0.25, 0.3) is 8.24 Å². The minimum atomic E-state index is -2.40. The topological polar surface area (TPSA) is 8.81 Å². The van der Waals surface area contributed by atoms with Crippen molar-refractivity contribution in [1.82, 2.24) is 4.23 Å². The third kappa shape index (κ3) is 1.96. The molecule has 0 atom stereocenters. The summed E-state index contributed by atoms with van der Waals surface area (Å²) in [4.78, 5) is 0. The molecule has 1 aromatic heterocycles. The van der Waals surface area contributed by atoms with Gasteiger partial charge in [-0.1, -0.05) is 0 Å². The van der Waals surface area contributed by atoms with Gasteiger partial charge in [0.15, 0.2) is 0 Å². The molecule has 0 aromatic carbocycles. The summed E-state index contributed by atoms with van der Waals surface area (Å²) in [7, 11) is -0.0531. The first kappa shape index (κ1) is 10.4. The van der Waals surface area contributed by atoms with E-state index < -0.39 is 14.7 Å². The Morgan fingerprint density at radius 2 is 1.92 bits per heavy atom. The van der Waals surface area contributed by atoms with Gasteiger partial charge in [0.2, 0.25) is 0 Å². The third-order valence-electron chi connectivity index (χ3n) is 1.97. The predicted molar refractivity (Wildman–Crippen MR) is 49.3 cm³/mol. The maximum atomic E-state index is 12.6. The van der Waals surface area contributed by atoms with Crippen molar-refractivity contribution in [3.8, 4) is 0 Å².